The third kappa shape index (κ3) is 4.45. The van der Waals surface area contributed by atoms with Crippen molar-refractivity contribution in [3.63, 3.8) is 0 Å². The molecule has 2 rings (SSSR count). The lowest BCUT2D eigenvalue weighted by Crippen LogP contribution is -2.47. The molecule has 1 amide bonds. The van der Waals surface area contributed by atoms with Crippen LogP contribution in [-0.4, -0.2) is 63.1 Å². The van der Waals surface area contributed by atoms with Crippen LogP contribution in [0.25, 0.3) is 0 Å². The molecule has 1 fully saturated rings. The second-order valence-corrected chi connectivity index (χ2v) is 7.44. The molecule has 122 valence electrons. The van der Waals surface area contributed by atoms with Crippen molar-refractivity contribution in [2.24, 2.45) is 0 Å². The van der Waals surface area contributed by atoms with Crippen LogP contribution in [-0.2, 0) is 10.0 Å². The Kier molecular flexibility index (Phi) is 5.42. The van der Waals surface area contributed by atoms with Crippen LogP contribution in [0.4, 0.5) is 5.69 Å². The van der Waals surface area contributed by atoms with Crippen molar-refractivity contribution in [1.29, 1.82) is 0 Å². The summed E-state index contributed by atoms with van der Waals surface area (Å²) in [6.45, 7) is 4.91. The maximum absolute atomic E-state index is 12.5. The average molecular weight is 325 g/mol. The highest BCUT2D eigenvalue weighted by Gasteiger charge is 2.20. The van der Waals surface area contributed by atoms with Crippen LogP contribution in [0, 0.1) is 0 Å². The zero-order chi connectivity index (χ0) is 16.2. The van der Waals surface area contributed by atoms with Gasteiger partial charge < -0.3 is 9.80 Å². The summed E-state index contributed by atoms with van der Waals surface area (Å²) in [4.78, 5) is 16.5. The summed E-state index contributed by atoms with van der Waals surface area (Å²) < 4.78 is 26.1. The second-order valence-electron chi connectivity index (χ2n) is 5.60. The molecule has 0 bridgehead atoms. The summed E-state index contributed by atoms with van der Waals surface area (Å²) >= 11 is 0. The Bertz CT molecular complexity index is 623. The van der Waals surface area contributed by atoms with Gasteiger partial charge >= 0.3 is 0 Å². The first-order chi connectivity index (χ1) is 10.4. The van der Waals surface area contributed by atoms with E-state index in [1.54, 1.807) is 29.2 Å². The number of rotatable bonds is 5. The highest BCUT2D eigenvalue weighted by atomic mass is 32.2. The standard InChI is InChI=1S/C15H23N3O3S/c1-3-11-22(20,21)16-14-6-4-5-13(12-14)15(19)18-9-7-17(2)8-10-18/h4-6,12,16H,3,7-11H2,1-2H3. The monoisotopic (exact) mass is 325 g/mol. The van der Waals surface area contributed by atoms with Gasteiger partial charge in [-0.2, -0.15) is 0 Å². The molecule has 1 aliphatic heterocycles. The molecule has 0 radical (unpaired) electrons. The molecular weight excluding hydrogens is 302 g/mol. The van der Waals surface area contributed by atoms with Crippen LogP contribution in [0.3, 0.4) is 0 Å². The summed E-state index contributed by atoms with van der Waals surface area (Å²) in [7, 11) is -1.31. The van der Waals surface area contributed by atoms with Gasteiger partial charge in [-0.25, -0.2) is 8.42 Å². The highest BCUT2D eigenvalue weighted by Crippen LogP contribution is 2.15. The number of nitrogens with one attached hydrogen (secondary N) is 1. The second kappa shape index (κ2) is 7.11. The Morgan fingerprint density at radius 1 is 1.23 bits per heavy atom. The van der Waals surface area contributed by atoms with E-state index in [0.717, 1.165) is 13.1 Å². The molecule has 0 spiro atoms. The Morgan fingerprint density at radius 3 is 2.55 bits per heavy atom. The number of hydrogen-bond acceptors (Lipinski definition) is 4. The Morgan fingerprint density at radius 2 is 1.91 bits per heavy atom. The minimum Gasteiger partial charge on any atom is -0.336 e. The molecule has 6 nitrogen and oxygen atoms in total. The SMILES string of the molecule is CCCS(=O)(=O)Nc1cccc(C(=O)N2CCN(C)CC2)c1. The summed E-state index contributed by atoms with van der Waals surface area (Å²) in [6, 6.07) is 6.69. The minimum atomic E-state index is -3.34. The van der Waals surface area contributed by atoms with Crippen molar-refractivity contribution in [2.45, 2.75) is 13.3 Å². The largest absolute Gasteiger partial charge is 0.336 e. The maximum Gasteiger partial charge on any atom is 0.254 e. The summed E-state index contributed by atoms with van der Waals surface area (Å²) in [5, 5.41) is 0. The predicted octanol–water partition coefficient (Wildman–Crippen LogP) is 1.23. The molecular formula is C15H23N3O3S. The molecule has 1 N–H and O–H groups in total. The number of hydrogen-bond donors (Lipinski definition) is 1. The van der Waals surface area contributed by atoms with Crippen molar-refractivity contribution >= 4 is 21.6 Å². The fraction of sp³-hybridized carbons (Fsp3) is 0.533. The smallest absolute Gasteiger partial charge is 0.254 e. The van der Waals surface area contributed by atoms with E-state index in [9.17, 15) is 13.2 Å². The number of amides is 1. The van der Waals surface area contributed by atoms with Crippen LogP contribution in [0.15, 0.2) is 24.3 Å². The summed E-state index contributed by atoms with van der Waals surface area (Å²) in [6.07, 6.45) is 0.551. The van der Waals surface area contributed by atoms with Gasteiger partial charge in [0.05, 0.1) is 5.75 Å². The first kappa shape index (κ1) is 16.8. The molecule has 1 aromatic rings. The number of nitrogens with zero attached hydrogens (tertiary/aromatic N) is 2. The third-order valence-corrected chi connectivity index (χ3v) is 5.14. The lowest BCUT2D eigenvalue weighted by molar-refractivity contribution is 0.0664. The van der Waals surface area contributed by atoms with Crippen molar-refractivity contribution < 1.29 is 13.2 Å². The normalized spacial score (nSPS) is 16.5. The number of likely N-dealkylation sites (N-methyl/N-ethyl adjacent to an activating group) is 1. The molecule has 1 heterocycles. The molecule has 0 aliphatic carbocycles. The highest BCUT2D eigenvalue weighted by molar-refractivity contribution is 7.92. The van der Waals surface area contributed by atoms with E-state index < -0.39 is 10.0 Å². The fourth-order valence-corrected chi connectivity index (χ4v) is 3.53. The van der Waals surface area contributed by atoms with Crippen LogP contribution < -0.4 is 4.72 Å². The van der Waals surface area contributed by atoms with Gasteiger partial charge in [0.1, 0.15) is 0 Å². The fourth-order valence-electron chi connectivity index (χ4n) is 2.41. The van der Waals surface area contributed by atoms with Gasteiger partial charge in [0, 0.05) is 37.4 Å². The van der Waals surface area contributed by atoms with E-state index in [1.807, 2.05) is 14.0 Å². The van der Waals surface area contributed by atoms with E-state index in [-0.39, 0.29) is 11.7 Å². The molecule has 1 saturated heterocycles. The molecule has 1 aromatic carbocycles. The van der Waals surface area contributed by atoms with Gasteiger partial charge in [0.2, 0.25) is 10.0 Å². The molecule has 0 saturated carbocycles. The minimum absolute atomic E-state index is 0.0513. The third-order valence-electron chi connectivity index (χ3n) is 3.65. The van der Waals surface area contributed by atoms with E-state index in [4.69, 9.17) is 0 Å². The van der Waals surface area contributed by atoms with Crippen molar-refractivity contribution in [1.82, 2.24) is 9.80 Å². The number of carbonyl (C=O) groups is 1. The number of sulfonamides is 1. The molecule has 7 heteroatoms. The van der Waals surface area contributed by atoms with Gasteiger partial charge in [-0.3, -0.25) is 9.52 Å². The van der Waals surface area contributed by atoms with Crippen LogP contribution in [0.1, 0.15) is 23.7 Å². The molecule has 1 aliphatic rings. The maximum atomic E-state index is 12.5. The van der Waals surface area contributed by atoms with Crippen LogP contribution >= 0.6 is 0 Å². The number of benzene rings is 1. The Labute approximate surface area is 132 Å². The average Bonchev–Trinajstić information content (AvgIpc) is 2.47. The molecule has 0 aromatic heterocycles. The zero-order valence-electron chi connectivity index (χ0n) is 13.1. The Hall–Kier alpha value is -1.60. The molecule has 0 atom stereocenters. The summed E-state index contributed by atoms with van der Waals surface area (Å²) in [5.41, 5.74) is 0.953. The van der Waals surface area contributed by atoms with Gasteiger partial charge in [0.15, 0.2) is 0 Å². The Balaban J connectivity index is 2.09. The van der Waals surface area contributed by atoms with Gasteiger partial charge in [-0.1, -0.05) is 13.0 Å². The predicted molar refractivity (Wildman–Crippen MR) is 87.5 cm³/mol. The van der Waals surface area contributed by atoms with Crippen LogP contribution in [0.5, 0.6) is 0 Å². The van der Waals surface area contributed by atoms with Crippen LogP contribution in [0.2, 0.25) is 0 Å². The quantitative estimate of drug-likeness (QED) is 0.884. The van der Waals surface area contributed by atoms with E-state index in [1.165, 1.54) is 0 Å². The van der Waals surface area contributed by atoms with Gasteiger partial charge in [-0.15, -0.1) is 0 Å². The zero-order valence-corrected chi connectivity index (χ0v) is 13.9. The van der Waals surface area contributed by atoms with Crippen molar-refractivity contribution in [3.05, 3.63) is 29.8 Å². The lowest BCUT2D eigenvalue weighted by Gasteiger charge is -2.32. The van der Waals surface area contributed by atoms with E-state index in [2.05, 4.69) is 9.62 Å². The lowest BCUT2D eigenvalue weighted by atomic mass is 10.1. The number of piperazine rings is 1. The first-order valence-electron chi connectivity index (χ1n) is 7.49. The van der Waals surface area contributed by atoms with Gasteiger partial charge in [0.25, 0.3) is 5.91 Å². The van der Waals surface area contributed by atoms with Gasteiger partial charge in [-0.05, 0) is 31.7 Å². The number of anilines is 1. The molecule has 0 unspecified atom stereocenters. The van der Waals surface area contributed by atoms with E-state index >= 15 is 0 Å². The van der Waals surface area contributed by atoms with Crippen molar-refractivity contribution in [2.75, 3.05) is 43.7 Å². The first-order valence-corrected chi connectivity index (χ1v) is 9.15. The molecule has 22 heavy (non-hydrogen) atoms. The van der Waals surface area contributed by atoms with E-state index in [0.29, 0.717) is 30.8 Å². The number of carbonyl (C=O) groups excluding carboxylic acids is 1. The topological polar surface area (TPSA) is 69.7 Å². The summed E-state index contributed by atoms with van der Waals surface area (Å²) in [5.74, 6) is 0.0218. The van der Waals surface area contributed by atoms with Crippen molar-refractivity contribution in [3.8, 4) is 0 Å².